The molecule has 1 fully saturated rings. The number of nitrogens with one attached hydrogen (secondary N) is 1. The van der Waals surface area contributed by atoms with Crippen LogP contribution in [-0.4, -0.2) is 25.3 Å². The van der Waals surface area contributed by atoms with E-state index >= 15 is 0 Å². The van der Waals surface area contributed by atoms with Crippen LogP contribution in [0.25, 0.3) is 0 Å². The third-order valence-electron chi connectivity index (χ3n) is 3.25. The Bertz CT molecular complexity index is 369. The number of halogens is 4. The lowest BCUT2D eigenvalue weighted by molar-refractivity contribution is -0.161. The zero-order valence-electron chi connectivity index (χ0n) is 9.65. The van der Waals surface area contributed by atoms with Crippen LogP contribution in [0.5, 0.6) is 0 Å². The average molecular weight is 281 g/mol. The van der Waals surface area contributed by atoms with E-state index < -0.39 is 24.1 Å². The molecule has 1 aromatic carbocycles. The number of hydrogen-bond donors (Lipinski definition) is 2. The van der Waals surface area contributed by atoms with E-state index in [0.29, 0.717) is 18.7 Å². The van der Waals surface area contributed by atoms with Gasteiger partial charge in [0.2, 0.25) is 0 Å². The number of benzene rings is 1. The zero-order chi connectivity index (χ0) is 12.5. The van der Waals surface area contributed by atoms with Crippen molar-refractivity contribution in [1.29, 1.82) is 0 Å². The van der Waals surface area contributed by atoms with Crippen molar-refractivity contribution in [3.63, 3.8) is 0 Å². The van der Waals surface area contributed by atoms with Crippen molar-refractivity contribution in [3.8, 4) is 0 Å². The number of alkyl halides is 3. The molecule has 6 heteroatoms. The highest BCUT2D eigenvalue weighted by molar-refractivity contribution is 5.85. The molecule has 3 atom stereocenters. The third kappa shape index (κ3) is 3.16. The highest BCUT2D eigenvalue weighted by atomic mass is 35.5. The summed E-state index contributed by atoms with van der Waals surface area (Å²) in [7, 11) is 0. The van der Waals surface area contributed by atoms with Crippen LogP contribution in [0, 0.1) is 5.92 Å². The van der Waals surface area contributed by atoms with E-state index in [4.69, 9.17) is 5.73 Å². The number of nitrogens with two attached hydrogens (primary N) is 1. The van der Waals surface area contributed by atoms with E-state index in [0.717, 1.165) is 0 Å². The monoisotopic (exact) mass is 280 g/mol. The first-order valence-corrected chi connectivity index (χ1v) is 5.58. The van der Waals surface area contributed by atoms with Crippen molar-refractivity contribution in [2.45, 2.75) is 18.1 Å². The van der Waals surface area contributed by atoms with Crippen LogP contribution in [0.1, 0.15) is 11.5 Å². The summed E-state index contributed by atoms with van der Waals surface area (Å²) in [6.07, 6.45) is -4.25. The standard InChI is InChI=1S/C12H15F3N2.ClH/c13-12(14,15)11(8-4-2-1-3-5-8)9-6-17-7-10(9)16;/h1-5,9-11,17H,6-7,16H2;1H/t9-,10-,11?;/m0./s1. The molecule has 3 N–H and O–H groups in total. The molecular weight excluding hydrogens is 265 g/mol. The first-order chi connectivity index (χ1) is 8.00. The minimum atomic E-state index is -4.25. The second-order valence-corrected chi connectivity index (χ2v) is 4.42. The molecule has 1 unspecified atom stereocenters. The van der Waals surface area contributed by atoms with E-state index in [2.05, 4.69) is 5.32 Å². The first kappa shape index (κ1) is 15.3. The van der Waals surface area contributed by atoms with Crippen molar-refractivity contribution < 1.29 is 13.2 Å². The van der Waals surface area contributed by atoms with E-state index in [1.54, 1.807) is 18.2 Å². The Morgan fingerprint density at radius 3 is 2.22 bits per heavy atom. The lowest BCUT2D eigenvalue weighted by atomic mass is 9.83. The SMILES string of the molecule is Cl.N[C@H]1CNC[C@@H]1C(c1ccccc1)C(F)(F)F. The molecule has 18 heavy (non-hydrogen) atoms. The molecule has 2 nitrogen and oxygen atoms in total. The molecule has 0 radical (unpaired) electrons. The quantitative estimate of drug-likeness (QED) is 0.872. The molecule has 0 aliphatic carbocycles. The third-order valence-corrected chi connectivity index (χ3v) is 3.25. The molecule has 102 valence electrons. The Balaban J connectivity index is 0.00000162. The molecule has 1 aliphatic heterocycles. The largest absolute Gasteiger partial charge is 0.396 e. The molecule has 0 spiro atoms. The summed E-state index contributed by atoms with van der Waals surface area (Å²) in [6.45, 7) is 0.768. The molecule has 1 heterocycles. The highest BCUT2D eigenvalue weighted by Gasteiger charge is 2.48. The van der Waals surface area contributed by atoms with Gasteiger partial charge >= 0.3 is 6.18 Å². The Morgan fingerprint density at radius 2 is 1.78 bits per heavy atom. The molecule has 0 aromatic heterocycles. The fraction of sp³-hybridized carbons (Fsp3) is 0.500. The van der Waals surface area contributed by atoms with Crippen LogP contribution in [0.15, 0.2) is 30.3 Å². The summed E-state index contributed by atoms with van der Waals surface area (Å²) in [4.78, 5) is 0. The van der Waals surface area contributed by atoms with Crippen LogP contribution in [-0.2, 0) is 0 Å². The van der Waals surface area contributed by atoms with E-state index in [-0.39, 0.29) is 12.4 Å². The van der Waals surface area contributed by atoms with Crippen molar-refractivity contribution in [2.75, 3.05) is 13.1 Å². The Morgan fingerprint density at radius 1 is 1.17 bits per heavy atom. The first-order valence-electron chi connectivity index (χ1n) is 5.58. The topological polar surface area (TPSA) is 38.0 Å². The summed E-state index contributed by atoms with van der Waals surface area (Å²) in [5, 5.41) is 2.92. The van der Waals surface area contributed by atoms with Gasteiger partial charge in [0.15, 0.2) is 0 Å². The van der Waals surface area contributed by atoms with Gasteiger partial charge < -0.3 is 11.1 Å². The molecular formula is C12H16ClF3N2. The second kappa shape index (κ2) is 5.91. The minimum absolute atomic E-state index is 0. The zero-order valence-corrected chi connectivity index (χ0v) is 10.5. The molecule has 1 aromatic rings. The van der Waals surface area contributed by atoms with Gasteiger partial charge in [-0.25, -0.2) is 0 Å². The lowest BCUT2D eigenvalue weighted by Gasteiger charge is -2.28. The van der Waals surface area contributed by atoms with Crippen molar-refractivity contribution in [3.05, 3.63) is 35.9 Å². The fourth-order valence-electron chi connectivity index (χ4n) is 2.42. The molecule has 0 bridgehead atoms. The summed E-state index contributed by atoms with van der Waals surface area (Å²) in [5.41, 5.74) is 6.05. The molecule has 1 aliphatic rings. The van der Waals surface area contributed by atoms with E-state index in [1.165, 1.54) is 12.1 Å². The predicted molar refractivity (Wildman–Crippen MR) is 66.8 cm³/mol. The van der Waals surface area contributed by atoms with Gasteiger partial charge in [-0.3, -0.25) is 0 Å². The van der Waals surface area contributed by atoms with Gasteiger partial charge in [-0.2, -0.15) is 13.2 Å². The Hall–Kier alpha value is -0.780. The maximum Gasteiger partial charge on any atom is 0.396 e. The second-order valence-electron chi connectivity index (χ2n) is 4.42. The van der Waals surface area contributed by atoms with Crippen LogP contribution < -0.4 is 11.1 Å². The van der Waals surface area contributed by atoms with Crippen LogP contribution in [0.4, 0.5) is 13.2 Å². The summed E-state index contributed by atoms with van der Waals surface area (Å²) in [6, 6.07) is 7.56. The van der Waals surface area contributed by atoms with Crippen LogP contribution in [0.2, 0.25) is 0 Å². The van der Waals surface area contributed by atoms with Gasteiger partial charge in [0.1, 0.15) is 0 Å². The Labute approximate surface area is 110 Å². The normalized spacial score (nSPS) is 25.6. The van der Waals surface area contributed by atoms with E-state index in [1.807, 2.05) is 0 Å². The summed E-state index contributed by atoms with van der Waals surface area (Å²) >= 11 is 0. The average Bonchev–Trinajstić information content (AvgIpc) is 2.65. The minimum Gasteiger partial charge on any atom is -0.326 e. The van der Waals surface area contributed by atoms with Crippen molar-refractivity contribution in [1.82, 2.24) is 5.32 Å². The van der Waals surface area contributed by atoms with Gasteiger partial charge in [0, 0.05) is 25.0 Å². The van der Waals surface area contributed by atoms with Crippen LogP contribution in [0.3, 0.4) is 0 Å². The van der Waals surface area contributed by atoms with Crippen LogP contribution >= 0.6 is 12.4 Å². The molecule has 0 amide bonds. The molecule has 2 rings (SSSR count). The van der Waals surface area contributed by atoms with Crippen molar-refractivity contribution >= 4 is 12.4 Å². The lowest BCUT2D eigenvalue weighted by Crippen LogP contribution is -2.39. The predicted octanol–water partition coefficient (Wildman–Crippen LogP) is 2.30. The van der Waals surface area contributed by atoms with Gasteiger partial charge in [-0.05, 0) is 5.56 Å². The van der Waals surface area contributed by atoms with E-state index in [9.17, 15) is 13.2 Å². The van der Waals surface area contributed by atoms with Gasteiger partial charge in [-0.1, -0.05) is 30.3 Å². The number of hydrogen-bond acceptors (Lipinski definition) is 2. The smallest absolute Gasteiger partial charge is 0.326 e. The molecule has 1 saturated heterocycles. The number of rotatable bonds is 2. The maximum atomic E-state index is 13.1. The summed E-state index contributed by atoms with van der Waals surface area (Å²) < 4.78 is 39.4. The maximum absolute atomic E-state index is 13.1. The van der Waals surface area contributed by atoms with Gasteiger partial charge in [0.05, 0.1) is 5.92 Å². The summed E-state index contributed by atoms with van der Waals surface area (Å²) in [5.74, 6) is -2.06. The highest BCUT2D eigenvalue weighted by Crippen LogP contribution is 2.42. The molecule has 0 saturated carbocycles. The van der Waals surface area contributed by atoms with Gasteiger partial charge in [-0.15, -0.1) is 12.4 Å². The fourth-order valence-corrected chi connectivity index (χ4v) is 2.42. The Kier molecular flexibility index (Phi) is 5.01. The van der Waals surface area contributed by atoms with Crippen molar-refractivity contribution in [2.24, 2.45) is 11.7 Å². The van der Waals surface area contributed by atoms with Gasteiger partial charge in [0.25, 0.3) is 0 Å².